The van der Waals surface area contributed by atoms with E-state index >= 15 is 0 Å². The van der Waals surface area contributed by atoms with Crippen molar-refractivity contribution in [2.45, 2.75) is 13.5 Å². The smallest absolute Gasteiger partial charge is 0.241 e. The maximum Gasteiger partial charge on any atom is 0.241 e. The maximum atomic E-state index is 11.2. The van der Waals surface area contributed by atoms with Gasteiger partial charge in [-0.1, -0.05) is 18.2 Å². The van der Waals surface area contributed by atoms with Gasteiger partial charge >= 0.3 is 0 Å². The van der Waals surface area contributed by atoms with Gasteiger partial charge in [0, 0.05) is 24.9 Å². The summed E-state index contributed by atoms with van der Waals surface area (Å²) in [5.41, 5.74) is 7.53. The molecular weight excluding hydrogens is 371 g/mol. The summed E-state index contributed by atoms with van der Waals surface area (Å²) >= 11 is 0. The number of aliphatic imine (C=N–C) groups is 1. The Morgan fingerprint density at radius 2 is 2.10 bits per heavy atom. The lowest BCUT2D eigenvalue weighted by atomic mass is 10.2. The zero-order valence-corrected chi connectivity index (χ0v) is 14.0. The number of likely N-dealkylation sites (N-methyl/N-ethyl adjacent to an activating group) is 1. The van der Waals surface area contributed by atoms with Crippen molar-refractivity contribution < 1.29 is 9.53 Å². The van der Waals surface area contributed by atoms with Crippen LogP contribution in [0, 0.1) is 0 Å². The predicted molar refractivity (Wildman–Crippen MR) is 91.4 cm³/mol. The highest BCUT2D eigenvalue weighted by molar-refractivity contribution is 14.0. The van der Waals surface area contributed by atoms with Crippen LogP contribution in [0.4, 0.5) is 5.69 Å². The van der Waals surface area contributed by atoms with Crippen LogP contribution in [0.5, 0.6) is 0 Å². The zero-order valence-electron chi connectivity index (χ0n) is 11.7. The summed E-state index contributed by atoms with van der Waals surface area (Å²) in [5, 5.41) is 5.61. The Kier molecular flexibility index (Phi) is 9.73. The lowest BCUT2D eigenvalue weighted by Gasteiger charge is -2.10. The first-order valence-corrected chi connectivity index (χ1v) is 6.07. The number of rotatable bonds is 6. The molecule has 0 heterocycles. The van der Waals surface area contributed by atoms with Crippen molar-refractivity contribution in [1.29, 1.82) is 0 Å². The summed E-state index contributed by atoms with van der Waals surface area (Å²) in [5.74, 6) is 0.0484. The van der Waals surface area contributed by atoms with Gasteiger partial charge in [0.05, 0.1) is 6.61 Å². The fourth-order valence-electron chi connectivity index (χ4n) is 1.51. The molecule has 0 radical (unpaired) electrons. The Hall–Kier alpha value is -1.35. The number of guanidine groups is 1. The van der Waals surface area contributed by atoms with Crippen molar-refractivity contribution in [3.05, 3.63) is 29.8 Å². The van der Waals surface area contributed by atoms with Crippen molar-refractivity contribution in [2.24, 2.45) is 10.7 Å². The number of benzene rings is 1. The summed E-state index contributed by atoms with van der Waals surface area (Å²) in [6, 6.07) is 7.62. The van der Waals surface area contributed by atoms with Crippen LogP contribution >= 0.6 is 24.0 Å². The SMILES string of the molecule is CCNC(=O)CN=C(N)Nc1ccccc1COC.I. The number of nitrogens with one attached hydrogen (secondary N) is 2. The van der Waals surface area contributed by atoms with E-state index in [1.807, 2.05) is 31.2 Å². The van der Waals surface area contributed by atoms with E-state index in [4.69, 9.17) is 10.5 Å². The van der Waals surface area contributed by atoms with Crippen molar-refractivity contribution in [3.63, 3.8) is 0 Å². The summed E-state index contributed by atoms with van der Waals surface area (Å²) in [4.78, 5) is 15.2. The van der Waals surface area contributed by atoms with Gasteiger partial charge in [-0.15, -0.1) is 24.0 Å². The quantitative estimate of drug-likeness (QED) is 0.387. The third-order valence-corrected chi connectivity index (χ3v) is 2.35. The molecule has 20 heavy (non-hydrogen) atoms. The molecular formula is C13H21IN4O2. The molecule has 0 aliphatic rings. The van der Waals surface area contributed by atoms with E-state index in [1.165, 1.54) is 0 Å². The summed E-state index contributed by atoms with van der Waals surface area (Å²) in [7, 11) is 1.63. The Balaban J connectivity index is 0.00000361. The molecule has 112 valence electrons. The number of anilines is 1. The molecule has 4 N–H and O–H groups in total. The minimum Gasteiger partial charge on any atom is -0.380 e. The van der Waals surface area contributed by atoms with Gasteiger partial charge in [-0.25, -0.2) is 4.99 Å². The molecule has 1 rings (SSSR count). The molecule has 0 saturated carbocycles. The number of amides is 1. The van der Waals surface area contributed by atoms with Gasteiger partial charge in [0.2, 0.25) is 5.91 Å². The van der Waals surface area contributed by atoms with Crippen molar-refractivity contribution in [3.8, 4) is 0 Å². The molecule has 0 fully saturated rings. The van der Waals surface area contributed by atoms with Gasteiger partial charge in [0.25, 0.3) is 0 Å². The third-order valence-electron chi connectivity index (χ3n) is 2.35. The van der Waals surface area contributed by atoms with Gasteiger partial charge in [-0.2, -0.15) is 0 Å². The van der Waals surface area contributed by atoms with Crippen molar-refractivity contribution in [1.82, 2.24) is 5.32 Å². The molecule has 0 unspecified atom stereocenters. The number of hydrogen-bond donors (Lipinski definition) is 3. The summed E-state index contributed by atoms with van der Waals surface area (Å²) in [6.07, 6.45) is 0. The number of carbonyl (C=O) groups is 1. The normalized spacial score (nSPS) is 10.6. The molecule has 1 amide bonds. The number of para-hydroxylation sites is 1. The lowest BCUT2D eigenvalue weighted by Crippen LogP contribution is -2.29. The van der Waals surface area contributed by atoms with Crippen LogP contribution in [-0.2, 0) is 16.1 Å². The number of carbonyl (C=O) groups excluding carboxylic acids is 1. The van der Waals surface area contributed by atoms with Crippen LogP contribution in [-0.4, -0.2) is 32.1 Å². The average Bonchev–Trinajstić information content (AvgIpc) is 2.39. The van der Waals surface area contributed by atoms with Crippen LogP contribution in [0.1, 0.15) is 12.5 Å². The molecule has 6 nitrogen and oxygen atoms in total. The molecule has 0 saturated heterocycles. The third kappa shape index (κ3) is 6.71. The van der Waals surface area contributed by atoms with E-state index in [0.717, 1.165) is 11.3 Å². The van der Waals surface area contributed by atoms with Crippen LogP contribution in [0.15, 0.2) is 29.3 Å². The molecule has 0 aliphatic carbocycles. The average molecular weight is 392 g/mol. The molecule has 0 bridgehead atoms. The van der Waals surface area contributed by atoms with Crippen LogP contribution in [0.2, 0.25) is 0 Å². The second-order valence-corrected chi connectivity index (χ2v) is 3.87. The number of nitrogens with two attached hydrogens (primary N) is 1. The molecule has 1 aromatic rings. The minimum atomic E-state index is -0.155. The first-order chi connectivity index (χ1) is 9.17. The van der Waals surface area contributed by atoms with Gasteiger partial charge in [0.15, 0.2) is 5.96 Å². The predicted octanol–water partition coefficient (Wildman–Crippen LogP) is 1.31. The second kappa shape index (κ2) is 10.4. The fourth-order valence-corrected chi connectivity index (χ4v) is 1.51. The van der Waals surface area contributed by atoms with Gasteiger partial charge in [0.1, 0.15) is 6.54 Å². The molecule has 0 aromatic heterocycles. The highest BCUT2D eigenvalue weighted by atomic mass is 127. The van der Waals surface area contributed by atoms with Crippen molar-refractivity contribution in [2.75, 3.05) is 25.5 Å². The van der Waals surface area contributed by atoms with Crippen LogP contribution < -0.4 is 16.4 Å². The second-order valence-electron chi connectivity index (χ2n) is 3.87. The van der Waals surface area contributed by atoms with E-state index in [2.05, 4.69) is 15.6 Å². The first-order valence-electron chi connectivity index (χ1n) is 6.07. The number of nitrogens with zero attached hydrogens (tertiary/aromatic N) is 1. The molecule has 7 heteroatoms. The Morgan fingerprint density at radius 3 is 2.75 bits per heavy atom. The van der Waals surface area contributed by atoms with Crippen LogP contribution in [0.25, 0.3) is 0 Å². The topological polar surface area (TPSA) is 88.7 Å². The Bertz CT molecular complexity index is 452. The standard InChI is InChI=1S/C13H20N4O2.HI/c1-3-15-12(18)8-16-13(14)17-11-7-5-4-6-10(11)9-19-2;/h4-7H,3,8-9H2,1-2H3,(H,15,18)(H3,14,16,17);1H. The number of halogens is 1. The van der Waals surface area contributed by atoms with E-state index in [9.17, 15) is 4.79 Å². The summed E-state index contributed by atoms with van der Waals surface area (Å²) in [6.45, 7) is 2.93. The highest BCUT2D eigenvalue weighted by Crippen LogP contribution is 2.15. The van der Waals surface area contributed by atoms with E-state index in [-0.39, 0.29) is 42.4 Å². The Morgan fingerprint density at radius 1 is 1.40 bits per heavy atom. The van der Waals surface area contributed by atoms with E-state index < -0.39 is 0 Å². The van der Waals surface area contributed by atoms with Gasteiger partial charge < -0.3 is 21.1 Å². The highest BCUT2D eigenvalue weighted by Gasteiger charge is 2.03. The maximum absolute atomic E-state index is 11.2. The van der Waals surface area contributed by atoms with Crippen LogP contribution in [0.3, 0.4) is 0 Å². The van der Waals surface area contributed by atoms with E-state index in [1.54, 1.807) is 7.11 Å². The lowest BCUT2D eigenvalue weighted by molar-refractivity contribution is -0.119. The number of hydrogen-bond acceptors (Lipinski definition) is 3. The molecule has 0 aliphatic heterocycles. The van der Waals surface area contributed by atoms with Gasteiger partial charge in [-0.3, -0.25) is 4.79 Å². The molecule has 0 spiro atoms. The number of ether oxygens (including phenoxy) is 1. The van der Waals surface area contributed by atoms with Gasteiger partial charge in [-0.05, 0) is 13.0 Å². The van der Waals surface area contributed by atoms with Crippen molar-refractivity contribution >= 4 is 41.5 Å². The fraction of sp³-hybridized carbons (Fsp3) is 0.385. The number of methoxy groups -OCH3 is 1. The largest absolute Gasteiger partial charge is 0.380 e. The first kappa shape index (κ1) is 18.7. The molecule has 1 aromatic carbocycles. The monoisotopic (exact) mass is 392 g/mol. The zero-order chi connectivity index (χ0) is 14.1. The Labute approximate surface area is 136 Å². The minimum absolute atomic E-state index is 0. The molecule has 0 atom stereocenters. The van der Waals surface area contributed by atoms with E-state index in [0.29, 0.717) is 13.2 Å². The summed E-state index contributed by atoms with van der Waals surface area (Å²) < 4.78 is 5.10.